The second-order valence-electron chi connectivity index (χ2n) is 8.39. The molecule has 1 saturated heterocycles. The summed E-state index contributed by atoms with van der Waals surface area (Å²) < 4.78 is 5.35. The molecule has 164 valence electrons. The Bertz CT molecular complexity index is 801. The van der Waals surface area contributed by atoms with Crippen molar-refractivity contribution in [2.75, 3.05) is 26.7 Å². The molecule has 1 aliphatic heterocycles. The molecule has 2 aromatic heterocycles. The molecule has 7 nitrogen and oxygen atoms in total. The number of aliphatic imine (C=N–C) groups is 1. The first-order valence-corrected chi connectivity index (χ1v) is 11.0. The van der Waals surface area contributed by atoms with Gasteiger partial charge in [0.1, 0.15) is 5.69 Å². The third-order valence-corrected chi connectivity index (χ3v) is 6.32. The zero-order chi connectivity index (χ0) is 19.9. The Labute approximate surface area is 196 Å². The molecule has 0 amide bonds. The van der Waals surface area contributed by atoms with E-state index in [2.05, 4.69) is 30.3 Å². The largest absolute Gasteiger partial charge is 0.356 e. The van der Waals surface area contributed by atoms with Gasteiger partial charge in [-0.2, -0.15) is 4.98 Å². The van der Waals surface area contributed by atoms with Gasteiger partial charge >= 0.3 is 0 Å². The minimum atomic E-state index is 0. The summed E-state index contributed by atoms with van der Waals surface area (Å²) >= 11 is 0. The van der Waals surface area contributed by atoms with Crippen LogP contribution in [0.15, 0.2) is 33.9 Å². The number of nitrogens with zero attached hydrogens (tertiary/aromatic N) is 5. The maximum absolute atomic E-state index is 5.35. The molecule has 0 atom stereocenters. The van der Waals surface area contributed by atoms with Gasteiger partial charge in [-0.05, 0) is 43.2 Å². The van der Waals surface area contributed by atoms with Crippen molar-refractivity contribution in [2.24, 2.45) is 10.4 Å². The lowest BCUT2D eigenvalue weighted by molar-refractivity contribution is 0.115. The molecule has 2 fully saturated rings. The number of likely N-dealkylation sites (tertiary alicyclic amines) is 1. The predicted molar refractivity (Wildman–Crippen MR) is 129 cm³/mol. The molecule has 0 radical (unpaired) electrons. The molecule has 1 aliphatic carbocycles. The van der Waals surface area contributed by atoms with Crippen LogP contribution >= 0.6 is 24.0 Å². The van der Waals surface area contributed by atoms with E-state index in [9.17, 15) is 0 Å². The van der Waals surface area contributed by atoms with Crippen LogP contribution in [0.25, 0.3) is 11.6 Å². The zero-order valence-electron chi connectivity index (χ0n) is 17.8. The highest BCUT2D eigenvalue weighted by molar-refractivity contribution is 14.0. The van der Waals surface area contributed by atoms with E-state index in [4.69, 9.17) is 4.52 Å². The highest BCUT2D eigenvalue weighted by Crippen LogP contribution is 2.42. The number of piperidine rings is 1. The number of rotatable bonds is 4. The summed E-state index contributed by atoms with van der Waals surface area (Å²) in [6.07, 6.45) is 13.4. The van der Waals surface area contributed by atoms with E-state index >= 15 is 0 Å². The Morgan fingerprint density at radius 2 is 1.97 bits per heavy atom. The summed E-state index contributed by atoms with van der Waals surface area (Å²) in [6, 6.07) is 5.66. The third-order valence-electron chi connectivity index (χ3n) is 6.32. The number of aromatic nitrogens is 3. The number of pyridine rings is 1. The van der Waals surface area contributed by atoms with Gasteiger partial charge in [-0.25, -0.2) is 0 Å². The van der Waals surface area contributed by atoms with Crippen LogP contribution in [0.1, 0.15) is 57.2 Å². The molecule has 0 bridgehead atoms. The Balaban J connectivity index is 0.00000256. The molecule has 0 unspecified atom stereocenters. The summed E-state index contributed by atoms with van der Waals surface area (Å²) in [5, 5.41) is 7.60. The molecule has 1 saturated carbocycles. The predicted octanol–water partition coefficient (Wildman–Crippen LogP) is 4.30. The summed E-state index contributed by atoms with van der Waals surface area (Å²) in [6.45, 7) is 2.96. The first-order chi connectivity index (χ1) is 14.3. The van der Waals surface area contributed by atoms with Crippen LogP contribution in [0.3, 0.4) is 0 Å². The van der Waals surface area contributed by atoms with Crippen LogP contribution in [0, 0.1) is 5.41 Å². The maximum atomic E-state index is 5.35. The van der Waals surface area contributed by atoms with Crippen LogP contribution in [0.2, 0.25) is 0 Å². The van der Waals surface area contributed by atoms with E-state index in [-0.39, 0.29) is 24.0 Å². The molecule has 1 spiro atoms. The Hall–Kier alpha value is -1.71. The zero-order valence-corrected chi connectivity index (χ0v) is 20.2. The van der Waals surface area contributed by atoms with Gasteiger partial charge in [0.2, 0.25) is 0 Å². The van der Waals surface area contributed by atoms with Crippen molar-refractivity contribution < 1.29 is 4.52 Å². The van der Waals surface area contributed by atoms with Crippen LogP contribution in [0.5, 0.6) is 0 Å². The molecule has 0 aromatic carbocycles. The Kier molecular flexibility index (Phi) is 8.47. The second-order valence-corrected chi connectivity index (χ2v) is 8.39. The number of halogens is 1. The van der Waals surface area contributed by atoms with Crippen molar-refractivity contribution in [1.29, 1.82) is 0 Å². The van der Waals surface area contributed by atoms with Crippen LogP contribution in [0.4, 0.5) is 0 Å². The number of guanidine groups is 1. The van der Waals surface area contributed by atoms with E-state index in [1.54, 1.807) is 6.20 Å². The topological polar surface area (TPSA) is 79.4 Å². The normalized spacial score (nSPS) is 19.2. The van der Waals surface area contributed by atoms with Gasteiger partial charge in [0.15, 0.2) is 11.8 Å². The van der Waals surface area contributed by atoms with Crippen LogP contribution < -0.4 is 5.32 Å². The number of hydrogen-bond donors (Lipinski definition) is 1. The molecule has 1 N–H and O–H groups in total. The first kappa shape index (κ1) is 23.0. The lowest BCUT2D eigenvalue weighted by Gasteiger charge is -2.44. The molecule has 3 heterocycles. The molecule has 4 rings (SSSR count). The van der Waals surface area contributed by atoms with Crippen molar-refractivity contribution in [3.05, 3.63) is 30.2 Å². The molecule has 8 heteroatoms. The number of nitrogens with one attached hydrogen (secondary N) is 1. The average molecular weight is 524 g/mol. The summed E-state index contributed by atoms with van der Waals surface area (Å²) in [5.74, 6) is 2.16. The van der Waals surface area contributed by atoms with Crippen molar-refractivity contribution in [1.82, 2.24) is 25.3 Å². The van der Waals surface area contributed by atoms with Gasteiger partial charge < -0.3 is 14.7 Å². The standard InChI is InChI=1S/C22H32N6O.HI/c1-23-21(28-16-8-13-22(17-28)11-5-2-3-6-12-22)25-15-10-19-26-20(29-27-19)18-9-4-7-14-24-18;/h4,7,9,14H,2-3,5-6,8,10-13,15-17H2,1H3,(H,23,25);1H. The Morgan fingerprint density at radius 3 is 2.70 bits per heavy atom. The van der Waals surface area contributed by atoms with E-state index in [0.29, 0.717) is 29.2 Å². The SMILES string of the molecule is CN=C(NCCc1noc(-c2ccccn2)n1)N1CCCC2(CCCCCC2)C1.I. The lowest BCUT2D eigenvalue weighted by Crippen LogP contribution is -2.50. The van der Waals surface area contributed by atoms with Gasteiger partial charge in [0, 0.05) is 39.3 Å². The maximum Gasteiger partial charge on any atom is 0.276 e. The van der Waals surface area contributed by atoms with Crippen molar-refractivity contribution >= 4 is 29.9 Å². The lowest BCUT2D eigenvalue weighted by atomic mass is 9.74. The fourth-order valence-corrected chi connectivity index (χ4v) is 4.84. The monoisotopic (exact) mass is 524 g/mol. The van der Waals surface area contributed by atoms with Crippen LogP contribution in [-0.2, 0) is 6.42 Å². The molecular weight excluding hydrogens is 491 g/mol. The van der Waals surface area contributed by atoms with Gasteiger partial charge in [0.25, 0.3) is 5.89 Å². The van der Waals surface area contributed by atoms with Gasteiger partial charge in [-0.15, -0.1) is 24.0 Å². The second kappa shape index (κ2) is 11.1. The quantitative estimate of drug-likeness (QED) is 0.365. The van der Waals surface area contributed by atoms with Crippen molar-refractivity contribution in [3.8, 4) is 11.6 Å². The van der Waals surface area contributed by atoms with E-state index in [1.165, 1.54) is 51.4 Å². The summed E-state index contributed by atoms with van der Waals surface area (Å²) in [4.78, 5) is 15.7. The molecule has 30 heavy (non-hydrogen) atoms. The smallest absolute Gasteiger partial charge is 0.276 e. The minimum Gasteiger partial charge on any atom is -0.356 e. The summed E-state index contributed by atoms with van der Waals surface area (Å²) in [7, 11) is 1.88. The third kappa shape index (κ3) is 5.70. The highest BCUT2D eigenvalue weighted by atomic mass is 127. The van der Waals surface area contributed by atoms with E-state index in [1.807, 2.05) is 25.2 Å². The molecule has 2 aliphatic rings. The van der Waals surface area contributed by atoms with Crippen molar-refractivity contribution in [2.45, 2.75) is 57.8 Å². The van der Waals surface area contributed by atoms with Gasteiger partial charge in [0.05, 0.1) is 0 Å². The fourth-order valence-electron chi connectivity index (χ4n) is 4.84. The van der Waals surface area contributed by atoms with Crippen molar-refractivity contribution in [3.63, 3.8) is 0 Å². The highest BCUT2D eigenvalue weighted by Gasteiger charge is 2.36. The van der Waals surface area contributed by atoms with Gasteiger partial charge in [-0.1, -0.05) is 36.9 Å². The minimum absolute atomic E-state index is 0. The van der Waals surface area contributed by atoms with E-state index < -0.39 is 0 Å². The fraction of sp³-hybridized carbons (Fsp3) is 0.636. The molecule has 2 aromatic rings. The Morgan fingerprint density at radius 1 is 1.17 bits per heavy atom. The van der Waals surface area contributed by atoms with E-state index in [0.717, 1.165) is 25.6 Å². The summed E-state index contributed by atoms with van der Waals surface area (Å²) in [5.41, 5.74) is 1.20. The van der Waals surface area contributed by atoms with Gasteiger partial charge in [-0.3, -0.25) is 9.98 Å². The first-order valence-electron chi connectivity index (χ1n) is 11.0. The number of hydrogen-bond acceptors (Lipinski definition) is 5. The van der Waals surface area contributed by atoms with Crippen LogP contribution in [-0.4, -0.2) is 52.7 Å². The average Bonchev–Trinajstić information content (AvgIpc) is 3.13. The molecular formula is C22H33IN6O.